The fourth-order valence-electron chi connectivity index (χ4n) is 2.17. The summed E-state index contributed by atoms with van der Waals surface area (Å²) >= 11 is 0. The lowest BCUT2D eigenvalue weighted by molar-refractivity contribution is -0.936. The van der Waals surface area contributed by atoms with E-state index in [-0.39, 0.29) is 0 Å². The molecule has 0 heterocycles. The molecule has 1 aromatic carbocycles. The molecule has 0 bridgehead atoms. The summed E-state index contributed by atoms with van der Waals surface area (Å²) in [5.41, 5.74) is 2.62. The van der Waals surface area contributed by atoms with Gasteiger partial charge in [0, 0.05) is 18.3 Å². The van der Waals surface area contributed by atoms with Crippen molar-refractivity contribution < 1.29 is 4.48 Å². The van der Waals surface area contributed by atoms with E-state index in [9.17, 15) is 0 Å². The van der Waals surface area contributed by atoms with Gasteiger partial charge < -0.3 is 9.80 Å². The molecule has 0 saturated carbocycles. The third-order valence-electron chi connectivity index (χ3n) is 3.77. The highest BCUT2D eigenvalue weighted by molar-refractivity contribution is 5.43. The maximum atomic E-state index is 3.15. The highest BCUT2D eigenvalue weighted by Crippen LogP contribution is 2.16. The van der Waals surface area contributed by atoms with Crippen LogP contribution in [0.25, 0.3) is 0 Å². The van der Waals surface area contributed by atoms with Crippen LogP contribution in [0.4, 0.5) is 5.69 Å². The minimum atomic E-state index is 1.15. The number of nitrogens with one attached hydrogen (secondary N) is 1. The summed E-state index contributed by atoms with van der Waals surface area (Å²) in [7, 11) is 1.96. The maximum absolute atomic E-state index is 3.15. The highest BCUT2D eigenvalue weighted by atomic mass is 15.3. The van der Waals surface area contributed by atoms with Gasteiger partial charge in [-0.2, -0.15) is 0 Å². The molecule has 2 nitrogen and oxygen atoms in total. The Morgan fingerprint density at radius 1 is 0.938 bits per heavy atom. The number of benzene rings is 1. The molecule has 2 heteroatoms. The summed E-state index contributed by atoms with van der Waals surface area (Å²) in [6.45, 7) is 11.6. The Morgan fingerprint density at radius 2 is 1.44 bits per heavy atom. The first-order chi connectivity index (χ1) is 7.69. The highest BCUT2D eigenvalue weighted by Gasteiger charge is 2.20. The van der Waals surface area contributed by atoms with Crippen molar-refractivity contribution in [3.05, 3.63) is 29.8 Å². The van der Waals surface area contributed by atoms with Gasteiger partial charge in [0.1, 0.15) is 6.54 Å². The van der Waals surface area contributed by atoms with E-state index >= 15 is 0 Å². The molecule has 0 spiro atoms. The average Bonchev–Trinajstić information content (AvgIpc) is 2.37. The van der Waals surface area contributed by atoms with Crippen LogP contribution in [0.2, 0.25) is 0 Å². The summed E-state index contributed by atoms with van der Waals surface area (Å²) in [6, 6.07) is 8.79. The average molecular weight is 221 g/mol. The molecule has 1 N–H and O–H groups in total. The van der Waals surface area contributed by atoms with E-state index in [1.54, 1.807) is 0 Å². The van der Waals surface area contributed by atoms with Crippen molar-refractivity contribution in [2.24, 2.45) is 0 Å². The van der Waals surface area contributed by atoms with Crippen molar-refractivity contribution in [2.75, 3.05) is 32.0 Å². The van der Waals surface area contributed by atoms with Crippen LogP contribution in [-0.2, 0) is 6.54 Å². The number of rotatable bonds is 6. The van der Waals surface area contributed by atoms with Crippen molar-refractivity contribution in [3.8, 4) is 0 Å². The lowest BCUT2D eigenvalue weighted by Gasteiger charge is -2.35. The monoisotopic (exact) mass is 221 g/mol. The molecule has 1 rings (SSSR count). The molecule has 16 heavy (non-hydrogen) atoms. The maximum Gasteiger partial charge on any atom is 0.104 e. The number of hydrogen-bond donors (Lipinski definition) is 1. The second kappa shape index (κ2) is 5.90. The zero-order chi connectivity index (χ0) is 12.0. The number of nitrogens with zero attached hydrogens (tertiary/aromatic N) is 1. The van der Waals surface area contributed by atoms with E-state index in [1.165, 1.54) is 35.4 Å². The van der Waals surface area contributed by atoms with E-state index in [2.05, 4.69) is 50.4 Å². The fourth-order valence-corrected chi connectivity index (χ4v) is 2.17. The van der Waals surface area contributed by atoms with Crippen LogP contribution in [-0.4, -0.2) is 31.2 Å². The molecule has 0 radical (unpaired) electrons. The van der Waals surface area contributed by atoms with Crippen LogP contribution >= 0.6 is 0 Å². The lowest BCUT2D eigenvalue weighted by Crippen LogP contribution is -2.46. The van der Waals surface area contributed by atoms with Crippen LogP contribution in [0, 0.1) is 0 Å². The topological polar surface area (TPSA) is 12.0 Å². The third-order valence-corrected chi connectivity index (χ3v) is 3.77. The van der Waals surface area contributed by atoms with Crippen molar-refractivity contribution in [2.45, 2.75) is 27.3 Å². The molecule has 0 aliphatic heterocycles. The van der Waals surface area contributed by atoms with Gasteiger partial charge in [-0.15, -0.1) is 0 Å². The molecule has 0 atom stereocenters. The first-order valence-electron chi connectivity index (χ1n) is 6.31. The first-order valence-corrected chi connectivity index (χ1v) is 6.31. The zero-order valence-electron chi connectivity index (χ0n) is 11.1. The summed E-state index contributed by atoms with van der Waals surface area (Å²) in [5, 5.41) is 3.15. The molecule has 0 aromatic heterocycles. The third kappa shape index (κ3) is 2.99. The second-order valence-corrected chi connectivity index (χ2v) is 4.40. The molecule has 1 aromatic rings. The predicted molar refractivity (Wildman–Crippen MR) is 71.6 cm³/mol. The SMILES string of the molecule is CC[N+](CC)(CC)Cc1ccc(NC)cc1. The number of anilines is 1. The molecule has 0 unspecified atom stereocenters. The van der Waals surface area contributed by atoms with E-state index in [0.29, 0.717) is 0 Å². The summed E-state index contributed by atoms with van der Waals surface area (Å²) in [5.74, 6) is 0. The van der Waals surface area contributed by atoms with Crippen LogP contribution in [0.15, 0.2) is 24.3 Å². The smallest absolute Gasteiger partial charge is 0.104 e. The molecule has 0 fully saturated rings. The summed E-state index contributed by atoms with van der Waals surface area (Å²) in [6.07, 6.45) is 0. The molecule has 0 saturated heterocycles. The standard InChI is InChI=1S/C14H25N2/c1-5-16(6-2,7-3)12-13-8-10-14(15-4)11-9-13/h8-11,15H,5-7,12H2,1-4H3/q+1. The van der Waals surface area contributed by atoms with Gasteiger partial charge in [-0.25, -0.2) is 0 Å². The van der Waals surface area contributed by atoms with Gasteiger partial charge in [-0.3, -0.25) is 0 Å². The van der Waals surface area contributed by atoms with E-state index in [0.717, 1.165) is 6.54 Å². The van der Waals surface area contributed by atoms with Gasteiger partial charge in [-0.05, 0) is 32.9 Å². The Kier molecular flexibility index (Phi) is 4.81. The lowest BCUT2D eigenvalue weighted by atomic mass is 10.1. The van der Waals surface area contributed by atoms with Gasteiger partial charge >= 0.3 is 0 Å². The Hall–Kier alpha value is -1.02. The van der Waals surface area contributed by atoms with Crippen LogP contribution < -0.4 is 5.32 Å². The Bertz CT molecular complexity index is 291. The Balaban J connectivity index is 2.77. The Labute approximate surface area is 99.9 Å². The molecular formula is C14H25N2+. The predicted octanol–water partition coefficient (Wildman–Crippen LogP) is 3.10. The minimum Gasteiger partial charge on any atom is -0.388 e. The van der Waals surface area contributed by atoms with Gasteiger partial charge in [0.05, 0.1) is 19.6 Å². The molecule has 0 aliphatic rings. The van der Waals surface area contributed by atoms with Crippen molar-refractivity contribution in [3.63, 3.8) is 0 Å². The fraction of sp³-hybridized carbons (Fsp3) is 0.571. The van der Waals surface area contributed by atoms with Crippen molar-refractivity contribution in [1.82, 2.24) is 0 Å². The zero-order valence-corrected chi connectivity index (χ0v) is 11.1. The minimum absolute atomic E-state index is 1.15. The van der Waals surface area contributed by atoms with Gasteiger partial charge in [0.25, 0.3) is 0 Å². The first kappa shape index (κ1) is 13.0. The summed E-state index contributed by atoms with van der Waals surface area (Å²) < 4.78 is 1.18. The second-order valence-electron chi connectivity index (χ2n) is 4.40. The van der Waals surface area contributed by atoms with Crippen LogP contribution in [0.3, 0.4) is 0 Å². The summed E-state index contributed by atoms with van der Waals surface area (Å²) in [4.78, 5) is 0. The quantitative estimate of drug-likeness (QED) is 0.728. The van der Waals surface area contributed by atoms with E-state index < -0.39 is 0 Å². The Morgan fingerprint density at radius 3 is 1.81 bits per heavy atom. The van der Waals surface area contributed by atoms with Crippen LogP contribution in [0.1, 0.15) is 26.3 Å². The molecule has 90 valence electrons. The molecule has 0 amide bonds. The van der Waals surface area contributed by atoms with Crippen molar-refractivity contribution >= 4 is 5.69 Å². The van der Waals surface area contributed by atoms with Gasteiger partial charge in [0.15, 0.2) is 0 Å². The van der Waals surface area contributed by atoms with Gasteiger partial charge in [0.2, 0.25) is 0 Å². The number of quaternary nitrogens is 1. The molecule has 0 aliphatic carbocycles. The van der Waals surface area contributed by atoms with Crippen molar-refractivity contribution in [1.29, 1.82) is 0 Å². The largest absolute Gasteiger partial charge is 0.388 e. The molecular weight excluding hydrogens is 196 g/mol. The van der Waals surface area contributed by atoms with Crippen LogP contribution in [0.5, 0.6) is 0 Å². The van der Waals surface area contributed by atoms with Gasteiger partial charge in [-0.1, -0.05) is 12.1 Å². The normalized spacial score (nSPS) is 11.5. The van der Waals surface area contributed by atoms with E-state index in [1.807, 2.05) is 7.05 Å². The number of hydrogen-bond acceptors (Lipinski definition) is 1. The van der Waals surface area contributed by atoms with E-state index in [4.69, 9.17) is 0 Å².